The number of Topliss-reactive ketones (excluding diaryl/α,β-unsaturated/α-hetero) is 1. The van der Waals surface area contributed by atoms with Crippen molar-refractivity contribution in [1.29, 1.82) is 0 Å². The SMILES string of the molecule is C=CCOc1ccc2oc(=O)sc2c1C(C)=O. The molecule has 0 aliphatic rings. The van der Waals surface area contributed by atoms with E-state index in [1.165, 1.54) is 6.92 Å². The van der Waals surface area contributed by atoms with Crippen molar-refractivity contribution in [2.24, 2.45) is 0 Å². The lowest BCUT2D eigenvalue weighted by Crippen LogP contribution is -2.01. The summed E-state index contributed by atoms with van der Waals surface area (Å²) in [4.78, 5) is 22.4. The van der Waals surface area contributed by atoms with Crippen LogP contribution in [0, 0.1) is 0 Å². The highest BCUT2D eigenvalue weighted by Gasteiger charge is 2.16. The molecule has 0 bridgehead atoms. The van der Waals surface area contributed by atoms with E-state index < -0.39 is 4.94 Å². The number of ketones is 1. The smallest absolute Gasteiger partial charge is 0.396 e. The fraction of sp³-hybridized carbons (Fsp3) is 0.167. The third kappa shape index (κ3) is 2.14. The van der Waals surface area contributed by atoms with Crippen LogP contribution >= 0.6 is 11.3 Å². The van der Waals surface area contributed by atoms with Crippen molar-refractivity contribution in [2.45, 2.75) is 6.92 Å². The average Bonchev–Trinajstić information content (AvgIpc) is 2.65. The Hall–Kier alpha value is -1.88. The van der Waals surface area contributed by atoms with E-state index in [-0.39, 0.29) is 5.78 Å². The summed E-state index contributed by atoms with van der Waals surface area (Å²) in [7, 11) is 0. The molecular formula is C12H10O4S. The van der Waals surface area contributed by atoms with Crippen LogP contribution in [0.4, 0.5) is 0 Å². The largest absolute Gasteiger partial charge is 0.489 e. The summed E-state index contributed by atoms with van der Waals surface area (Å²) in [6, 6.07) is 3.25. The predicted molar refractivity (Wildman–Crippen MR) is 66.1 cm³/mol. The van der Waals surface area contributed by atoms with Crippen LogP contribution in [0.1, 0.15) is 17.3 Å². The number of carbonyl (C=O) groups excluding carboxylic acids is 1. The van der Waals surface area contributed by atoms with E-state index in [0.717, 1.165) is 11.3 Å². The van der Waals surface area contributed by atoms with Crippen LogP contribution in [0.3, 0.4) is 0 Å². The summed E-state index contributed by atoms with van der Waals surface area (Å²) in [5.74, 6) is 0.286. The zero-order valence-corrected chi connectivity index (χ0v) is 10.0. The summed E-state index contributed by atoms with van der Waals surface area (Å²) in [6.07, 6.45) is 1.59. The van der Waals surface area contributed by atoms with E-state index in [4.69, 9.17) is 9.15 Å². The second-order valence-electron chi connectivity index (χ2n) is 3.38. The maximum atomic E-state index is 11.6. The minimum Gasteiger partial charge on any atom is -0.489 e. The highest BCUT2D eigenvalue weighted by molar-refractivity contribution is 7.16. The Morgan fingerprint density at radius 2 is 2.35 bits per heavy atom. The van der Waals surface area contributed by atoms with Crippen LogP contribution in [0.2, 0.25) is 0 Å². The molecule has 0 aliphatic carbocycles. The standard InChI is InChI=1S/C12H10O4S/c1-3-6-15-8-4-5-9-11(10(8)7(2)13)17-12(14)16-9/h3-5H,1,6H2,2H3. The quantitative estimate of drug-likeness (QED) is 0.618. The molecule has 0 unspecified atom stereocenters. The molecule has 5 heteroatoms. The lowest BCUT2D eigenvalue weighted by molar-refractivity contribution is 0.101. The zero-order valence-electron chi connectivity index (χ0n) is 9.19. The summed E-state index contributed by atoms with van der Waals surface area (Å²) < 4.78 is 10.9. The maximum absolute atomic E-state index is 11.6. The van der Waals surface area contributed by atoms with Gasteiger partial charge in [-0.1, -0.05) is 24.0 Å². The molecule has 0 radical (unpaired) electrons. The summed E-state index contributed by atoms with van der Waals surface area (Å²) >= 11 is 0.906. The van der Waals surface area contributed by atoms with Crippen LogP contribution in [0.25, 0.3) is 10.3 Å². The van der Waals surface area contributed by atoms with Gasteiger partial charge in [0, 0.05) is 0 Å². The lowest BCUT2D eigenvalue weighted by Gasteiger charge is -2.07. The van der Waals surface area contributed by atoms with Crippen LogP contribution in [-0.4, -0.2) is 12.4 Å². The van der Waals surface area contributed by atoms with Crippen LogP contribution in [-0.2, 0) is 0 Å². The van der Waals surface area contributed by atoms with Crippen LogP contribution in [0.5, 0.6) is 5.75 Å². The van der Waals surface area contributed by atoms with Gasteiger partial charge < -0.3 is 9.15 Å². The van der Waals surface area contributed by atoms with E-state index in [2.05, 4.69) is 6.58 Å². The molecule has 0 amide bonds. The Bertz CT molecular complexity index is 635. The number of fused-ring (bicyclic) bond motifs is 1. The summed E-state index contributed by atoms with van der Waals surface area (Å²) in [5, 5.41) is 0. The van der Waals surface area contributed by atoms with Gasteiger partial charge >= 0.3 is 4.94 Å². The minimum absolute atomic E-state index is 0.160. The molecule has 0 saturated carbocycles. The fourth-order valence-electron chi connectivity index (χ4n) is 1.52. The van der Waals surface area contributed by atoms with Gasteiger partial charge in [-0.2, -0.15) is 0 Å². The minimum atomic E-state index is -0.427. The molecule has 0 atom stereocenters. The highest BCUT2D eigenvalue weighted by Crippen LogP contribution is 2.30. The molecule has 0 saturated heterocycles. The molecule has 4 nitrogen and oxygen atoms in total. The topological polar surface area (TPSA) is 56.5 Å². The first-order valence-corrected chi connectivity index (χ1v) is 5.76. The average molecular weight is 250 g/mol. The van der Waals surface area contributed by atoms with E-state index in [9.17, 15) is 9.59 Å². The first-order chi connectivity index (χ1) is 8.13. The third-order valence-corrected chi connectivity index (χ3v) is 3.03. The molecule has 2 rings (SSSR count). The number of hydrogen-bond donors (Lipinski definition) is 0. The van der Waals surface area contributed by atoms with Crippen LogP contribution in [0.15, 0.2) is 34.0 Å². The first kappa shape index (κ1) is 11.6. The van der Waals surface area contributed by atoms with Crippen LogP contribution < -0.4 is 9.68 Å². The third-order valence-electron chi connectivity index (χ3n) is 2.17. The molecule has 2 aromatic rings. The van der Waals surface area contributed by atoms with Gasteiger partial charge in [-0.05, 0) is 19.1 Å². The van der Waals surface area contributed by atoms with Crippen molar-refractivity contribution in [3.63, 3.8) is 0 Å². The Labute approximate surface area is 101 Å². The van der Waals surface area contributed by atoms with E-state index >= 15 is 0 Å². The molecule has 1 heterocycles. The number of hydrogen-bond acceptors (Lipinski definition) is 5. The second kappa shape index (κ2) is 4.55. The second-order valence-corrected chi connectivity index (χ2v) is 4.32. The number of rotatable bonds is 4. The Morgan fingerprint density at radius 1 is 1.59 bits per heavy atom. The number of ether oxygens (including phenoxy) is 1. The van der Waals surface area contributed by atoms with Gasteiger partial charge in [-0.25, -0.2) is 4.79 Å². The Balaban J connectivity index is 2.67. The summed E-state index contributed by atoms with van der Waals surface area (Å²) in [6.45, 7) is 5.28. The van der Waals surface area contributed by atoms with Crippen molar-refractivity contribution in [3.05, 3.63) is 40.1 Å². The van der Waals surface area contributed by atoms with Crippen molar-refractivity contribution in [1.82, 2.24) is 0 Å². The molecule has 0 aliphatic heterocycles. The maximum Gasteiger partial charge on any atom is 0.396 e. The molecule has 1 aromatic heterocycles. The molecule has 0 fully saturated rings. The molecule has 0 spiro atoms. The van der Waals surface area contributed by atoms with Crippen molar-refractivity contribution in [3.8, 4) is 5.75 Å². The van der Waals surface area contributed by atoms with Gasteiger partial charge in [-0.15, -0.1) is 0 Å². The van der Waals surface area contributed by atoms with Gasteiger partial charge in [-0.3, -0.25) is 4.79 Å². The van der Waals surface area contributed by atoms with Gasteiger partial charge in [0.2, 0.25) is 0 Å². The van der Waals surface area contributed by atoms with Crippen molar-refractivity contribution in [2.75, 3.05) is 6.61 Å². The highest BCUT2D eigenvalue weighted by atomic mass is 32.1. The lowest BCUT2D eigenvalue weighted by atomic mass is 10.1. The van der Waals surface area contributed by atoms with Gasteiger partial charge in [0.15, 0.2) is 11.4 Å². The van der Waals surface area contributed by atoms with Crippen molar-refractivity contribution >= 4 is 27.4 Å². The first-order valence-electron chi connectivity index (χ1n) is 4.94. The van der Waals surface area contributed by atoms with Gasteiger partial charge in [0.25, 0.3) is 0 Å². The van der Waals surface area contributed by atoms with E-state index in [1.54, 1.807) is 18.2 Å². The Kier molecular flexibility index (Phi) is 3.10. The number of benzene rings is 1. The fourth-order valence-corrected chi connectivity index (χ4v) is 2.38. The van der Waals surface area contributed by atoms with Gasteiger partial charge in [0.05, 0.1) is 10.3 Å². The molecular weight excluding hydrogens is 240 g/mol. The zero-order chi connectivity index (χ0) is 12.4. The number of carbonyl (C=O) groups is 1. The molecule has 17 heavy (non-hydrogen) atoms. The summed E-state index contributed by atoms with van der Waals surface area (Å²) in [5.41, 5.74) is 0.802. The monoisotopic (exact) mass is 250 g/mol. The molecule has 88 valence electrons. The Morgan fingerprint density at radius 3 is 3.00 bits per heavy atom. The van der Waals surface area contributed by atoms with Gasteiger partial charge in [0.1, 0.15) is 12.4 Å². The molecule has 1 aromatic carbocycles. The van der Waals surface area contributed by atoms with E-state index in [1.807, 2.05) is 0 Å². The molecule has 0 N–H and O–H groups in total. The van der Waals surface area contributed by atoms with E-state index in [0.29, 0.717) is 28.2 Å². The van der Waals surface area contributed by atoms with Crippen molar-refractivity contribution < 1.29 is 13.9 Å². The predicted octanol–water partition coefficient (Wildman–Crippen LogP) is 2.62. The normalized spacial score (nSPS) is 10.4.